The normalized spacial score (nSPS) is 18.2. The number of hydrogen-bond donors (Lipinski definition) is 3. The lowest BCUT2D eigenvalue weighted by Gasteiger charge is -2.15. The second-order valence-corrected chi connectivity index (χ2v) is 7.14. The Morgan fingerprint density at radius 2 is 1.61 bits per heavy atom. The van der Waals surface area contributed by atoms with Crippen molar-refractivity contribution in [2.45, 2.75) is 25.6 Å². The molecule has 1 unspecified atom stereocenters. The molecule has 0 aromatic heterocycles. The highest BCUT2D eigenvalue weighted by Gasteiger charge is 2.32. The van der Waals surface area contributed by atoms with Crippen LogP contribution in [0.2, 0.25) is 0 Å². The highest BCUT2D eigenvalue weighted by atomic mass is 16.5. The van der Waals surface area contributed by atoms with E-state index < -0.39 is 0 Å². The van der Waals surface area contributed by atoms with Crippen molar-refractivity contribution in [2.24, 2.45) is 0 Å². The topological polar surface area (TPSA) is 69.9 Å². The van der Waals surface area contributed by atoms with Crippen LogP contribution in [0.15, 0.2) is 60.7 Å². The molecule has 0 saturated heterocycles. The molecule has 4 heteroatoms. The van der Waals surface area contributed by atoms with E-state index in [1.807, 2.05) is 42.5 Å². The van der Waals surface area contributed by atoms with Crippen LogP contribution in [0.3, 0.4) is 0 Å². The Bertz CT molecular complexity index is 1020. The van der Waals surface area contributed by atoms with Crippen LogP contribution >= 0.6 is 0 Å². The number of ether oxygens (including phenoxy) is 1. The fraction of sp³-hybridized carbons (Fsp3) is 0.167. The van der Waals surface area contributed by atoms with Gasteiger partial charge >= 0.3 is 0 Å². The fourth-order valence-corrected chi connectivity index (χ4v) is 3.64. The van der Waals surface area contributed by atoms with Crippen LogP contribution in [-0.2, 0) is 6.61 Å². The molecule has 0 aliphatic carbocycles. The summed E-state index contributed by atoms with van der Waals surface area (Å²) >= 11 is 0. The summed E-state index contributed by atoms with van der Waals surface area (Å²) in [5.41, 5.74) is 4.72. The van der Waals surface area contributed by atoms with E-state index in [2.05, 4.69) is 13.0 Å². The van der Waals surface area contributed by atoms with Gasteiger partial charge in [0.2, 0.25) is 0 Å². The molecule has 3 aromatic carbocycles. The molecule has 0 radical (unpaired) electrons. The van der Waals surface area contributed by atoms with Gasteiger partial charge in [-0.15, -0.1) is 0 Å². The number of aromatic hydroxyl groups is 2. The fourth-order valence-electron chi connectivity index (χ4n) is 3.64. The van der Waals surface area contributed by atoms with Crippen molar-refractivity contribution in [2.75, 3.05) is 0 Å². The van der Waals surface area contributed by atoms with Crippen LogP contribution in [0.25, 0.3) is 12.2 Å². The lowest BCUT2D eigenvalue weighted by atomic mass is 9.92. The predicted molar refractivity (Wildman–Crippen MR) is 109 cm³/mol. The van der Waals surface area contributed by atoms with E-state index in [4.69, 9.17) is 4.74 Å². The zero-order valence-electron chi connectivity index (χ0n) is 15.5. The minimum Gasteiger partial charge on any atom is -0.508 e. The quantitative estimate of drug-likeness (QED) is 0.562. The van der Waals surface area contributed by atoms with Gasteiger partial charge in [-0.2, -0.15) is 0 Å². The van der Waals surface area contributed by atoms with Crippen LogP contribution in [0.4, 0.5) is 0 Å². The third-order valence-electron chi connectivity index (χ3n) is 5.10. The van der Waals surface area contributed by atoms with E-state index >= 15 is 0 Å². The molecule has 0 amide bonds. The first-order valence-corrected chi connectivity index (χ1v) is 9.25. The van der Waals surface area contributed by atoms with Crippen LogP contribution in [0, 0.1) is 0 Å². The Balaban J connectivity index is 1.57. The Kier molecular flexibility index (Phi) is 4.80. The van der Waals surface area contributed by atoms with E-state index in [1.165, 1.54) is 0 Å². The largest absolute Gasteiger partial charge is 0.508 e. The minimum atomic E-state index is -0.110. The summed E-state index contributed by atoms with van der Waals surface area (Å²) in [7, 11) is 0. The second kappa shape index (κ2) is 7.41. The van der Waals surface area contributed by atoms with Crippen LogP contribution in [0.5, 0.6) is 17.2 Å². The lowest BCUT2D eigenvalue weighted by molar-refractivity contribution is 0.216. The van der Waals surface area contributed by atoms with Gasteiger partial charge in [-0.25, -0.2) is 0 Å². The Morgan fingerprint density at radius 1 is 0.857 bits per heavy atom. The summed E-state index contributed by atoms with van der Waals surface area (Å²) in [4.78, 5) is 0. The molecule has 2 atom stereocenters. The smallest absolute Gasteiger partial charge is 0.130 e. The highest BCUT2D eigenvalue weighted by molar-refractivity contribution is 5.71. The van der Waals surface area contributed by atoms with Gasteiger partial charge in [0.25, 0.3) is 0 Å². The number of aliphatic hydroxyl groups excluding tert-OH is 1. The average Bonchev–Trinajstić information content (AvgIpc) is 3.03. The summed E-state index contributed by atoms with van der Waals surface area (Å²) in [6.07, 6.45) is 3.82. The van der Waals surface area contributed by atoms with Crippen molar-refractivity contribution in [1.82, 2.24) is 0 Å². The van der Waals surface area contributed by atoms with E-state index in [9.17, 15) is 15.3 Å². The molecule has 4 rings (SSSR count). The molecule has 0 spiro atoms. The Morgan fingerprint density at radius 3 is 2.36 bits per heavy atom. The summed E-state index contributed by atoms with van der Waals surface area (Å²) in [6.45, 7) is 2.03. The van der Waals surface area contributed by atoms with E-state index in [0.29, 0.717) is 5.56 Å². The zero-order valence-corrected chi connectivity index (χ0v) is 15.5. The molecule has 0 saturated carbocycles. The molecular formula is C24H22O4. The number of rotatable bonds is 4. The minimum absolute atomic E-state index is 0.0759. The van der Waals surface area contributed by atoms with Gasteiger partial charge in [-0.05, 0) is 64.7 Å². The van der Waals surface area contributed by atoms with Gasteiger partial charge in [0, 0.05) is 11.5 Å². The summed E-state index contributed by atoms with van der Waals surface area (Å²) in [5.74, 6) is 1.45. The second-order valence-electron chi connectivity index (χ2n) is 7.14. The van der Waals surface area contributed by atoms with Gasteiger partial charge in [-0.1, -0.05) is 37.3 Å². The number of phenols is 2. The number of phenolic OH excluding ortho intramolecular Hbond substituents is 2. The molecule has 1 aliphatic heterocycles. The third-order valence-corrected chi connectivity index (χ3v) is 5.10. The molecule has 3 N–H and O–H groups in total. The monoisotopic (exact) mass is 374 g/mol. The number of benzene rings is 3. The van der Waals surface area contributed by atoms with E-state index in [0.717, 1.165) is 28.0 Å². The lowest BCUT2D eigenvalue weighted by Crippen LogP contribution is -2.06. The number of hydrogen-bond acceptors (Lipinski definition) is 4. The summed E-state index contributed by atoms with van der Waals surface area (Å²) < 4.78 is 6.14. The summed E-state index contributed by atoms with van der Waals surface area (Å²) in [6, 6.07) is 18.3. The maximum Gasteiger partial charge on any atom is 0.130 e. The average molecular weight is 374 g/mol. The van der Waals surface area contributed by atoms with E-state index in [-0.39, 0.29) is 30.1 Å². The Labute approximate surface area is 164 Å². The first kappa shape index (κ1) is 18.1. The SMILES string of the molecule is CC1c2cc(/C=C/c3cc(O)cc(CO)c3)ccc2O[C@H]1c1ccc(O)cc1. The molecule has 3 aromatic rings. The van der Waals surface area contributed by atoms with Crippen LogP contribution < -0.4 is 4.74 Å². The van der Waals surface area contributed by atoms with Crippen molar-refractivity contribution >= 4 is 12.2 Å². The number of fused-ring (bicyclic) bond motifs is 1. The molecule has 1 heterocycles. The molecule has 28 heavy (non-hydrogen) atoms. The van der Waals surface area contributed by atoms with Gasteiger partial charge in [0.1, 0.15) is 23.4 Å². The molecule has 0 fully saturated rings. The summed E-state index contributed by atoms with van der Waals surface area (Å²) in [5, 5.41) is 28.5. The van der Waals surface area contributed by atoms with Gasteiger partial charge in [-0.3, -0.25) is 0 Å². The maximum absolute atomic E-state index is 9.76. The van der Waals surface area contributed by atoms with E-state index in [1.54, 1.807) is 24.3 Å². The standard InChI is InChI=1S/C24H22O4/c1-15-22-13-16(2-3-17-10-18(14-25)12-21(27)11-17)4-9-23(22)28-24(15)19-5-7-20(26)8-6-19/h2-13,15,24-27H,14H2,1H3/b3-2+/t15?,24-/m1/s1. The van der Waals surface area contributed by atoms with Gasteiger partial charge in [0.15, 0.2) is 0 Å². The predicted octanol–water partition coefficient (Wildman–Crippen LogP) is 5.00. The van der Waals surface area contributed by atoms with Crippen molar-refractivity contribution in [3.63, 3.8) is 0 Å². The highest BCUT2D eigenvalue weighted by Crippen LogP contribution is 2.46. The number of aliphatic hydroxyl groups is 1. The maximum atomic E-state index is 9.76. The zero-order chi connectivity index (χ0) is 19.7. The molecule has 0 bridgehead atoms. The molecule has 142 valence electrons. The van der Waals surface area contributed by atoms with Crippen molar-refractivity contribution in [3.8, 4) is 17.2 Å². The molecule has 1 aliphatic rings. The first-order valence-electron chi connectivity index (χ1n) is 9.25. The van der Waals surface area contributed by atoms with Gasteiger partial charge in [0.05, 0.1) is 6.61 Å². The van der Waals surface area contributed by atoms with Crippen molar-refractivity contribution in [1.29, 1.82) is 0 Å². The first-order chi connectivity index (χ1) is 13.5. The van der Waals surface area contributed by atoms with Crippen LogP contribution in [0.1, 0.15) is 46.8 Å². The molecular weight excluding hydrogens is 352 g/mol. The Hall–Kier alpha value is -3.24. The third kappa shape index (κ3) is 3.59. The van der Waals surface area contributed by atoms with Gasteiger partial charge < -0.3 is 20.1 Å². The van der Waals surface area contributed by atoms with Crippen molar-refractivity contribution in [3.05, 3.63) is 88.5 Å². The molecule has 4 nitrogen and oxygen atoms in total. The van der Waals surface area contributed by atoms with Crippen molar-refractivity contribution < 1.29 is 20.1 Å². The van der Waals surface area contributed by atoms with Crippen LogP contribution in [-0.4, -0.2) is 15.3 Å².